The molecule has 0 aliphatic carbocycles. The fourth-order valence-corrected chi connectivity index (χ4v) is 4.02. The van der Waals surface area contributed by atoms with Gasteiger partial charge in [-0.05, 0) is 60.9 Å². The van der Waals surface area contributed by atoms with Crippen LogP contribution in [0.2, 0.25) is 0 Å². The van der Waals surface area contributed by atoms with E-state index < -0.39 is 0 Å². The lowest BCUT2D eigenvalue weighted by atomic mass is 9.90. The zero-order chi connectivity index (χ0) is 19.3. The second-order valence-electron chi connectivity index (χ2n) is 7.87. The van der Waals surface area contributed by atoms with E-state index in [9.17, 15) is 4.79 Å². The number of hydrogen-bond acceptors (Lipinski definition) is 1. The van der Waals surface area contributed by atoms with Gasteiger partial charge in [0.25, 0.3) is 5.91 Å². The molecule has 2 heteroatoms. The summed E-state index contributed by atoms with van der Waals surface area (Å²) in [4.78, 5) is 14.9. The maximum Gasteiger partial charge on any atom is 0.253 e. The van der Waals surface area contributed by atoms with Crippen LogP contribution in [-0.2, 0) is 6.42 Å². The van der Waals surface area contributed by atoms with Gasteiger partial charge in [0.1, 0.15) is 0 Å². The van der Waals surface area contributed by atoms with Crippen LogP contribution >= 0.6 is 0 Å². The van der Waals surface area contributed by atoms with E-state index in [1.807, 2.05) is 17.0 Å². The van der Waals surface area contributed by atoms with Crippen LogP contribution in [0, 0.1) is 12.8 Å². The van der Waals surface area contributed by atoms with Gasteiger partial charge in [-0.2, -0.15) is 0 Å². The van der Waals surface area contributed by atoms with E-state index in [0.29, 0.717) is 5.92 Å². The van der Waals surface area contributed by atoms with Gasteiger partial charge in [-0.15, -0.1) is 0 Å². The van der Waals surface area contributed by atoms with Gasteiger partial charge in [0.05, 0.1) is 0 Å². The summed E-state index contributed by atoms with van der Waals surface area (Å²) in [7, 11) is 0. The van der Waals surface area contributed by atoms with E-state index in [2.05, 4.69) is 73.7 Å². The maximum absolute atomic E-state index is 12.9. The Kier molecular flexibility index (Phi) is 5.57. The molecule has 0 atom stereocenters. The Morgan fingerprint density at radius 2 is 1.39 bits per heavy atom. The number of carbonyl (C=O) groups excluding carboxylic acids is 1. The van der Waals surface area contributed by atoms with Gasteiger partial charge in [-0.25, -0.2) is 0 Å². The molecule has 1 heterocycles. The zero-order valence-electron chi connectivity index (χ0n) is 16.5. The number of amides is 1. The van der Waals surface area contributed by atoms with E-state index in [1.54, 1.807) is 0 Å². The summed E-state index contributed by atoms with van der Waals surface area (Å²) < 4.78 is 0. The first-order valence-corrected chi connectivity index (χ1v) is 10.2. The van der Waals surface area contributed by atoms with Gasteiger partial charge in [0.15, 0.2) is 0 Å². The minimum Gasteiger partial charge on any atom is -0.339 e. The van der Waals surface area contributed by atoms with Crippen molar-refractivity contribution in [2.45, 2.75) is 26.2 Å². The largest absolute Gasteiger partial charge is 0.339 e. The second kappa shape index (κ2) is 8.43. The average Bonchev–Trinajstić information content (AvgIpc) is 2.75. The highest BCUT2D eigenvalue weighted by molar-refractivity contribution is 5.94. The summed E-state index contributed by atoms with van der Waals surface area (Å²) in [5.41, 5.74) is 5.78. The smallest absolute Gasteiger partial charge is 0.253 e. The molecule has 0 spiro atoms. The summed E-state index contributed by atoms with van der Waals surface area (Å²) in [6, 6.07) is 27.2. The zero-order valence-corrected chi connectivity index (χ0v) is 16.5. The molecule has 0 aromatic heterocycles. The van der Waals surface area contributed by atoms with Crippen molar-refractivity contribution in [3.05, 3.63) is 95.6 Å². The first-order chi connectivity index (χ1) is 13.7. The fraction of sp³-hybridized carbons (Fsp3) is 0.269. The molecule has 0 unspecified atom stereocenters. The fourth-order valence-electron chi connectivity index (χ4n) is 4.02. The molecule has 0 radical (unpaired) electrons. The molecular weight excluding hydrogens is 342 g/mol. The van der Waals surface area contributed by atoms with Gasteiger partial charge in [0, 0.05) is 18.7 Å². The van der Waals surface area contributed by atoms with Gasteiger partial charge in [-0.1, -0.05) is 72.3 Å². The number of hydrogen-bond donors (Lipinski definition) is 0. The van der Waals surface area contributed by atoms with E-state index >= 15 is 0 Å². The SMILES string of the molecule is Cc1ccc(-c2ccc(C(=O)N3CCC(Cc4ccccc4)CC3)cc2)cc1. The highest BCUT2D eigenvalue weighted by Gasteiger charge is 2.23. The predicted octanol–water partition coefficient (Wildman–Crippen LogP) is 5.76. The summed E-state index contributed by atoms with van der Waals surface area (Å²) in [5.74, 6) is 0.837. The Balaban J connectivity index is 1.35. The summed E-state index contributed by atoms with van der Waals surface area (Å²) in [5, 5.41) is 0. The molecule has 142 valence electrons. The van der Waals surface area contributed by atoms with Crippen LogP contribution in [0.4, 0.5) is 0 Å². The van der Waals surface area contributed by atoms with Crippen molar-refractivity contribution in [2.75, 3.05) is 13.1 Å². The monoisotopic (exact) mass is 369 g/mol. The number of carbonyl (C=O) groups is 1. The van der Waals surface area contributed by atoms with E-state index in [0.717, 1.165) is 43.5 Å². The first kappa shape index (κ1) is 18.5. The third-order valence-electron chi connectivity index (χ3n) is 5.79. The summed E-state index contributed by atoms with van der Waals surface area (Å²) >= 11 is 0. The number of benzene rings is 3. The van der Waals surface area contributed by atoms with Crippen molar-refractivity contribution in [1.29, 1.82) is 0 Å². The van der Waals surface area contributed by atoms with Crippen molar-refractivity contribution >= 4 is 5.91 Å². The second-order valence-corrected chi connectivity index (χ2v) is 7.87. The van der Waals surface area contributed by atoms with Crippen molar-refractivity contribution in [2.24, 2.45) is 5.92 Å². The highest BCUT2D eigenvalue weighted by Crippen LogP contribution is 2.24. The molecule has 0 saturated carbocycles. The van der Waals surface area contributed by atoms with Crippen LogP contribution in [0.25, 0.3) is 11.1 Å². The van der Waals surface area contributed by atoms with Crippen LogP contribution in [0.5, 0.6) is 0 Å². The quantitative estimate of drug-likeness (QED) is 0.573. The molecule has 3 aromatic rings. The molecule has 0 N–H and O–H groups in total. The predicted molar refractivity (Wildman–Crippen MR) is 115 cm³/mol. The van der Waals surface area contributed by atoms with E-state index in [-0.39, 0.29) is 5.91 Å². The number of nitrogens with zero attached hydrogens (tertiary/aromatic N) is 1. The molecule has 1 saturated heterocycles. The molecule has 4 rings (SSSR count). The highest BCUT2D eigenvalue weighted by atomic mass is 16.2. The lowest BCUT2D eigenvalue weighted by Gasteiger charge is -2.32. The van der Waals surface area contributed by atoms with Crippen molar-refractivity contribution in [1.82, 2.24) is 4.90 Å². The molecule has 1 amide bonds. The molecular formula is C26H27NO. The van der Waals surface area contributed by atoms with Gasteiger partial charge in [-0.3, -0.25) is 4.79 Å². The summed E-state index contributed by atoms with van der Waals surface area (Å²) in [6.45, 7) is 3.81. The third kappa shape index (κ3) is 4.33. The first-order valence-electron chi connectivity index (χ1n) is 10.2. The Labute approximate surface area is 167 Å². The van der Waals surface area contributed by atoms with Crippen LogP contribution < -0.4 is 0 Å². The molecule has 1 fully saturated rings. The van der Waals surface area contributed by atoms with Gasteiger partial charge < -0.3 is 4.90 Å². The number of piperidine rings is 1. The van der Waals surface area contributed by atoms with Gasteiger partial charge in [0.2, 0.25) is 0 Å². The number of likely N-dealkylation sites (tertiary alicyclic amines) is 1. The normalized spacial score (nSPS) is 14.8. The number of rotatable bonds is 4. The maximum atomic E-state index is 12.9. The van der Waals surface area contributed by atoms with Crippen LogP contribution in [0.15, 0.2) is 78.9 Å². The number of aryl methyl sites for hydroxylation is 1. The van der Waals surface area contributed by atoms with Crippen LogP contribution in [-0.4, -0.2) is 23.9 Å². The minimum atomic E-state index is 0.161. The average molecular weight is 370 g/mol. The van der Waals surface area contributed by atoms with E-state index in [4.69, 9.17) is 0 Å². The van der Waals surface area contributed by atoms with Gasteiger partial charge >= 0.3 is 0 Å². The van der Waals surface area contributed by atoms with Crippen molar-refractivity contribution in [3.63, 3.8) is 0 Å². The molecule has 3 aromatic carbocycles. The van der Waals surface area contributed by atoms with E-state index in [1.165, 1.54) is 16.7 Å². The van der Waals surface area contributed by atoms with Crippen molar-refractivity contribution in [3.8, 4) is 11.1 Å². The van der Waals surface area contributed by atoms with Crippen molar-refractivity contribution < 1.29 is 4.79 Å². The Morgan fingerprint density at radius 1 is 0.821 bits per heavy atom. The lowest BCUT2D eigenvalue weighted by molar-refractivity contribution is 0.0690. The standard InChI is InChI=1S/C26H27NO/c1-20-7-9-23(10-8-20)24-11-13-25(14-12-24)26(28)27-17-15-22(16-18-27)19-21-5-3-2-4-6-21/h2-14,22H,15-19H2,1H3. The van der Waals surface area contributed by atoms with Crippen LogP contribution in [0.3, 0.4) is 0 Å². The molecule has 1 aliphatic heterocycles. The molecule has 1 aliphatic rings. The Morgan fingerprint density at radius 3 is 2.00 bits per heavy atom. The third-order valence-corrected chi connectivity index (χ3v) is 5.79. The molecule has 28 heavy (non-hydrogen) atoms. The summed E-state index contributed by atoms with van der Waals surface area (Å²) in [6.07, 6.45) is 3.29. The Hall–Kier alpha value is -2.87. The Bertz CT molecular complexity index is 905. The lowest BCUT2D eigenvalue weighted by Crippen LogP contribution is -2.38. The molecule has 0 bridgehead atoms. The minimum absolute atomic E-state index is 0.161. The topological polar surface area (TPSA) is 20.3 Å². The van der Waals surface area contributed by atoms with Crippen LogP contribution in [0.1, 0.15) is 34.3 Å². The molecule has 2 nitrogen and oxygen atoms in total.